The van der Waals surface area contributed by atoms with Gasteiger partial charge in [-0.1, -0.05) is 0 Å². The average Bonchev–Trinajstić information content (AvgIpc) is 2.89. The van der Waals surface area contributed by atoms with Crippen LogP contribution in [-0.4, -0.2) is 34.0 Å². The fourth-order valence-corrected chi connectivity index (χ4v) is 2.09. The number of aromatic carboxylic acids is 1. The maximum atomic E-state index is 11.0. The van der Waals surface area contributed by atoms with Crippen molar-refractivity contribution in [2.24, 2.45) is 4.74 Å². The second kappa shape index (κ2) is 5.38. The summed E-state index contributed by atoms with van der Waals surface area (Å²) in [5.74, 6) is -0.306. The fraction of sp³-hybridized carbons (Fsp3) is 0.600. The van der Waals surface area contributed by atoms with Crippen molar-refractivity contribution in [2.75, 3.05) is 13.1 Å². The molecule has 17 heavy (non-hydrogen) atoms. The van der Waals surface area contributed by atoms with Crippen LogP contribution in [0.25, 0.3) is 0 Å². The lowest BCUT2D eigenvalue weighted by atomic mass is 10.3. The Morgan fingerprint density at radius 1 is 1.53 bits per heavy atom. The molecule has 1 N–H and O–H groups in total. The van der Waals surface area contributed by atoms with Gasteiger partial charge in [0.15, 0.2) is 11.5 Å². The lowest BCUT2D eigenvalue weighted by Gasteiger charge is -2.11. The molecule has 0 bridgehead atoms. The van der Waals surface area contributed by atoms with Crippen molar-refractivity contribution < 1.29 is 14.3 Å². The summed E-state index contributed by atoms with van der Waals surface area (Å²) >= 11 is 0. The minimum absolute atomic E-state index is 0.00205. The molecule has 0 spiro atoms. The van der Waals surface area contributed by atoms with E-state index < -0.39 is 5.97 Å². The van der Waals surface area contributed by atoms with Crippen molar-refractivity contribution >= 4 is 15.0 Å². The van der Waals surface area contributed by atoms with Gasteiger partial charge in [-0.2, -0.15) is 0 Å². The van der Waals surface area contributed by atoms with Gasteiger partial charge in [0, 0.05) is 0 Å². The number of hydrogen-bond acceptors (Lipinski definition) is 5. The quantitative estimate of drug-likeness (QED) is 0.811. The van der Waals surface area contributed by atoms with Crippen LogP contribution in [-0.2, 0) is 13.1 Å². The number of carbonyl (C=O) groups is 1. The van der Waals surface area contributed by atoms with E-state index in [-0.39, 0.29) is 12.2 Å². The number of hydrogen-bond donors (Lipinski definition) is 1. The highest BCUT2D eigenvalue weighted by Gasteiger charge is 2.22. The summed E-state index contributed by atoms with van der Waals surface area (Å²) in [6.45, 7) is 2.71. The van der Waals surface area contributed by atoms with E-state index in [0.717, 1.165) is 25.9 Å². The van der Waals surface area contributed by atoms with E-state index in [1.54, 1.807) is 0 Å². The van der Waals surface area contributed by atoms with Gasteiger partial charge in [0.25, 0.3) is 0 Å². The molecule has 1 fully saturated rings. The van der Waals surface area contributed by atoms with E-state index in [1.807, 2.05) is 0 Å². The first-order valence-corrected chi connectivity index (χ1v) is 5.93. The van der Waals surface area contributed by atoms with Crippen LogP contribution in [0.1, 0.15) is 35.0 Å². The zero-order valence-corrected chi connectivity index (χ0v) is 10.3. The molecular weight excluding hydrogens is 241 g/mol. The second-order valence-electron chi connectivity index (χ2n) is 3.98. The molecule has 0 radical (unpaired) electrons. The number of aromatic nitrogens is 1. The van der Waals surface area contributed by atoms with Crippen molar-refractivity contribution in [1.29, 1.82) is 0 Å². The Kier molecular flexibility index (Phi) is 3.86. The van der Waals surface area contributed by atoms with E-state index in [1.165, 1.54) is 0 Å². The highest BCUT2D eigenvalue weighted by atomic mass is 31.0. The molecule has 2 rings (SSSR count). The van der Waals surface area contributed by atoms with Gasteiger partial charge in [0.05, 0.1) is 6.54 Å². The van der Waals surface area contributed by atoms with Crippen LogP contribution >= 0.6 is 9.03 Å². The Bertz CT molecular complexity index is 426. The predicted octanol–water partition coefficient (Wildman–Crippen LogP) is 1.79. The van der Waals surface area contributed by atoms with Crippen molar-refractivity contribution in [1.82, 2.24) is 9.88 Å². The van der Waals surface area contributed by atoms with E-state index >= 15 is 0 Å². The van der Waals surface area contributed by atoms with Gasteiger partial charge in [-0.15, -0.1) is 0 Å². The topological polar surface area (TPSA) is 78.9 Å². The van der Waals surface area contributed by atoms with Gasteiger partial charge in [-0.3, -0.25) is 9.64 Å². The fourth-order valence-electron chi connectivity index (χ4n) is 1.95. The highest BCUT2D eigenvalue weighted by molar-refractivity contribution is 7.03. The number of carboxylic acid groups (broad SMARTS) is 1. The summed E-state index contributed by atoms with van der Waals surface area (Å²) < 4.78 is 9.11. The second-order valence-corrected chi connectivity index (χ2v) is 4.30. The summed E-state index contributed by atoms with van der Waals surface area (Å²) in [5, 5.41) is 9.04. The molecule has 1 aliphatic rings. The molecular formula is C10H14N3O3P. The van der Waals surface area contributed by atoms with E-state index in [9.17, 15) is 4.79 Å². The zero-order chi connectivity index (χ0) is 12.3. The maximum absolute atomic E-state index is 11.0. The van der Waals surface area contributed by atoms with Crippen molar-refractivity contribution in [2.45, 2.75) is 25.9 Å². The van der Waals surface area contributed by atoms with Crippen molar-refractivity contribution in [3.8, 4) is 0 Å². The van der Waals surface area contributed by atoms with E-state index in [4.69, 9.17) is 9.52 Å². The van der Waals surface area contributed by atoms with Crippen LogP contribution in [0.15, 0.2) is 9.16 Å². The molecule has 0 saturated carbocycles. The largest absolute Gasteiger partial charge is 0.476 e. The minimum Gasteiger partial charge on any atom is -0.476 e. The maximum Gasteiger partial charge on any atom is 0.358 e. The first-order chi connectivity index (χ1) is 8.20. The van der Waals surface area contributed by atoms with Gasteiger partial charge in [0.1, 0.15) is 6.54 Å². The Morgan fingerprint density at radius 2 is 2.24 bits per heavy atom. The predicted molar refractivity (Wildman–Crippen MR) is 62.4 cm³/mol. The summed E-state index contributed by atoms with van der Waals surface area (Å²) in [6.07, 6.45) is 2.31. The van der Waals surface area contributed by atoms with Crippen LogP contribution in [0, 0.1) is 0 Å². The Hall–Kier alpha value is -1.26. The number of oxazole rings is 1. The SMILES string of the molecule is O=C(O)c1nc(CN=P)oc1CN1CCCC1. The van der Waals surface area contributed by atoms with E-state index in [2.05, 4.69) is 23.7 Å². The van der Waals surface area contributed by atoms with Crippen LogP contribution in [0.4, 0.5) is 0 Å². The summed E-state index contributed by atoms with van der Waals surface area (Å²) in [7, 11) is 2.96. The Balaban J connectivity index is 2.17. The number of rotatable bonds is 5. The molecule has 0 unspecified atom stereocenters. The normalized spacial score (nSPS) is 16.2. The zero-order valence-electron chi connectivity index (χ0n) is 9.35. The molecule has 1 saturated heterocycles. The smallest absolute Gasteiger partial charge is 0.358 e. The first-order valence-electron chi connectivity index (χ1n) is 5.48. The molecule has 0 amide bonds. The molecule has 1 aliphatic heterocycles. The molecule has 1 aromatic heterocycles. The van der Waals surface area contributed by atoms with Crippen LogP contribution in [0.5, 0.6) is 0 Å². The highest BCUT2D eigenvalue weighted by Crippen LogP contribution is 2.18. The van der Waals surface area contributed by atoms with Gasteiger partial charge < -0.3 is 9.52 Å². The van der Waals surface area contributed by atoms with Gasteiger partial charge in [-0.05, 0) is 35.0 Å². The van der Waals surface area contributed by atoms with Gasteiger partial charge >= 0.3 is 5.97 Å². The lowest BCUT2D eigenvalue weighted by molar-refractivity contribution is 0.0687. The summed E-state index contributed by atoms with van der Waals surface area (Å²) in [6, 6.07) is 0. The van der Waals surface area contributed by atoms with Crippen LogP contribution in [0.3, 0.4) is 0 Å². The molecule has 1 aromatic rings. The Labute approximate surface area is 101 Å². The summed E-state index contributed by atoms with van der Waals surface area (Å²) in [4.78, 5) is 17.1. The van der Waals surface area contributed by atoms with Crippen LogP contribution < -0.4 is 0 Å². The summed E-state index contributed by atoms with van der Waals surface area (Å²) in [5.41, 5.74) is 0.00205. The third-order valence-corrected chi connectivity index (χ3v) is 2.88. The molecule has 6 nitrogen and oxygen atoms in total. The van der Waals surface area contributed by atoms with E-state index in [0.29, 0.717) is 18.2 Å². The number of likely N-dealkylation sites (tertiary alicyclic amines) is 1. The molecule has 0 atom stereocenters. The van der Waals surface area contributed by atoms with Crippen molar-refractivity contribution in [3.05, 3.63) is 17.3 Å². The standard InChI is InChI=1S/C10H14N3O3P/c14-10(15)9-7(6-13-3-1-2-4-13)16-8(12-9)5-11-17/h17H,1-6H2,(H,14,15). The monoisotopic (exact) mass is 255 g/mol. The number of carboxylic acids is 1. The van der Waals surface area contributed by atoms with Gasteiger partial charge in [-0.25, -0.2) is 9.78 Å². The lowest BCUT2D eigenvalue weighted by Crippen LogP contribution is -2.19. The number of nitrogens with zero attached hydrogens (tertiary/aromatic N) is 3. The molecule has 7 heteroatoms. The third kappa shape index (κ3) is 2.90. The van der Waals surface area contributed by atoms with Crippen LogP contribution in [0.2, 0.25) is 0 Å². The molecule has 2 heterocycles. The first kappa shape index (κ1) is 12.2. The third-order valence-electron chi connectivity index (χ3n) is 2.72. The minimum atomic E-state index is -1.05. The van der Waals surface area contributed by atoms with Gasteiger partial charge in [0.2, 0.25) is 5.89 Å². The molecule has 0 aliphatic carbocycles. The molecule has 92 valence electrons. The Morgan fingerprint density at radius 3 is 2.82 bits per heavy atom. The van der Waals surface area contributed by atoms with Crippen molar-refractivity contribution in [3.63, 3.8) is 0 Å². The average molecular weight is 255 g/mol. The molecule has 0 aromatic carbocycles.